The van der Waals surface area contributed by atoms with Crippen molar-refractivity contribution in [2.45, 2.75) is 142 Å². The number of rotatable bonds is 24. The number of hydrogen-bond acceptors (Lipinski definition) is 3. The van der Waals surface area contributed by atoms with Crippen molar-refractivity contribution in [2.75, 3.05) is 26.2 Å². The monoisotopic (exact) mass is 529 g/mol. The fourth-order valence-corrected chi connectivity index (χ4v) is 5.14. The molecule has 1 saturated heterocycles. The maximum atomic E-state index is 12.6. The third-order valence-corrected chi connectivity index (χ3v) is 7.55. The fourth-order valence-electron chi connectivity index (χ4n) is 5.14. The summed E-state index contributed by atoms with van der Waals surface area (Å²) in [4.78, 5) is 25.3. The molecule has 2 unspecified atom stereocenters. The van der Waals surface area contributed by atoms with E-state index in [9.17, 15) is 9.59 Å². The van der Waals surface area contributed by atoms with Crippen LogP contribution in [-0.2, 0) is 9.59 Å². The lowest BCUT2D eigenvalue weighted by atomic mass is 9.94. The topological polar surface area (TPSA) is 70.2 Å². The molecule has 2 amide bonds. The minimum Gasteiger partial charge on any atom is -0.356 e. The third kappa shape index (κ3) is 18.4. The molecule has 1 rings (SSSR count). The van der Waals surface area contributed by atoms with Gasteiger partial charge in [0.1, 0.15) is 0 Å². The van der Waals surface area contributed by atoms with Gasteiger partial charge in [-0.3, -0.25) is 9.59 Å². The quantitative estimate of drug-likeness (QED) is 0.115. The number of carbonyl (C=O) groups is 2. The summed E-state index contributed by atoms with van der Waals surface area (Å²) in [6.45, 7) is 7.21. The van der Waals surface area contributed by atoms with Gasteiger partial charge >= 0.3 is 0 Å². The second-order valence-corrected chi connectivity index (χ2v) is 10.8. The van der Waals surface area contributed by atoms with Crippen LogP contribution in [0.2, 0.25) is 0 Å². The van der Waals surface area contributed by atoms with Gasteiger partial charge in [0.05, 0.1) is 11.8 Å². The SMILES string of the molecule is CCCCCCCCCCCCNC(=O)C1CNCC1C(=O)NCCCCCCCCCCCC.Cl. The van der Waals surface area contributed by atoms with Gasteiger partial charge < -0.3 is 16.0 Å². The molecule has 1 fully saturated rings. The Bertz CT molecular complexity index is 474. The number of nitrogens with one attached hydrogen (secondary N) is 3. The molecule has 5 nitrogen and oxygen atoms in total. The Labute approximate surface area is 229 Å². The standard InChI is InChI=1S/C30H59N3O2.ClH/c1-3-5-7-9-11-13-15-17-19-21-23-32-29(34)27-25-31-26-28(27)30(35)33-24-22-20-18-16-14-12-10-8-6-4-2;/h27-28,31H,3-26H2,1-2H3,(H,32,34)(H,33,35);1H. The van der Waals surface area contributed by atoms with E-state index in [1.807, 2.05) is 0 Å². The zero-order valence-corrected chi connectivity index (χ0v) is 24.7. The van der Waals surface area contributed by atoms with Crippen molar-refractivity contribution in [3.05, 3.63) is 0 Å². The number of carbonyl (C=O) groups excluding carboxylic acids is 2. The highest BCUT2D eigenvalue weighted by atomic mass is 35.5. The lowest BCUT2D eigenvalue weighted by Gasteiger charge is -2.18. The highest BCUT2D eigenvalue weighted by molar-refractivity contribution is 5.88. The summed E-state index contributed by atoms with van der Waals surface area (Å²) in [5.74, 6) is -0.369. The smallest absolute Gasteiger partial charge is 0.225 e. The van der Waals surface area contributed by atoms with Crippen LogP contribution in [0.1, 0.15) is 142 Å². The molecular weight excluding hydrogens is 470 g/mol. The first kappa shape index (κ1) is 35.2. The third-order valence-electron chi connectivity index (χ3n) is 7.55. The number of halogens is 1. The lowest BCUT2D eigenvalue weighted by Crippen LogP contribution is -2.42. The van der Waals surface area contributed by atoms with Crippen LogP contribution in [0.25, 0.3) is 0 Å². The van der Waals surface area contributed by atoms with Gasteiger partial charge in [-0.1, -0.05) is 129 Å². The Kier molecular flexibility index (Phi) is 25.2. The molecule has 36 heavy (non-hydrogen) atoms. The predicted molar refractivity (Wildman–Crippen MR) is 157 cm³/mol. The minimum atomic E-state index is -0.231. The van der Waals surface area contributed by atoms with E-state index < -0.39 is 0 Å². The van der Waals surface area contributed by atoms with E-state index in [0.717, 1.165) is 25.9 Å². The van der Waals surface area contributed by atoms with Gasteiger partial charge in [0, 0.05) is 26.2 Å². The first-order valence-electron chi connectivity index (χ1n) is 15.5. The first-order chi connectivity index (χ1) is 17.2. The summed E-state index contributed by atoms with van der Waals surface area (Å²) in [6, 6.07) is 0. The van der Waals surface area contributed by atoms with Gasteiger partial charge in [0.15, 0.2) is 0 Å². The Morgan fingerprint density at radius 3 is 1.11 bits per heavy atom. The van der Waals surface area contributed by atoms with Gasteiger partial charge in [0.25, 0.3) is 0 Å². The molecule has 0 saturated carbocycles. The van der Waals surface area contributed by atoms with Crippen LogP contribution >= 0.6 is 12.4 Å². The van der Waals surface area contributed by atoms with Gasteiger partial charge in [0.2, 0.25) is 11.8 Å². The first-order valence-corrected chi connectivity index (χ1v) is 15.5. The summed E-state index contributed by atoms with van der Waals surface area (Å²) >= 11 is 0. The van der Waals surface area contributed by atoms with Crippen molar-refractivity contribution < 1.29 is 9.59 Å². The summed E-state index contributed by atoms with van der Waals surface area (Å²) in [5, 5.41) is 9.42. The summed E-state index contributed by atoms with van der Waals surface area (Å²) < 4.78 is 0. The van der Waals surface area contributed by atoms with E-state index in [-0.39, 0.29) is 36.1 Å². The summed E-state index contributed by atoms with van der Waals surface area (Å²) in [5.41, 5.74) is 0. The molecule has 6 heteroatoms. The minimum absolute atomic E-state index is 0. The zero-order chi connectivity index (χ0) is 25.4. The molecule has 0 spiro atoms. The van der Waals surface area contributed by atoms with Crippen molar-refractivity contribution >= 4 is 24.2 Å². The molecule has 0 aromatic heterocycles. The average Bonchev–Trinajstić information content (AvgIpc) is 3.36. The molecule has 0 aromatic carbocycles. The molecule has 0 aromatic rings. The normalized spacial score (nSPS) is 17.1. The largest absolute Gasteiger partial charge is 0.356 e. The van der Waals surface area contributed by atoms with Crippen molar-refractivity contribution in [1.82, 2.24) is 16.0 Å². The van der Waals surface area contributed by atoms with Gasteiger partial charge in [-0.05, 0) is 12.8 Å². The van der Waals surface area contributed by atoms with Crippen molar-refractivity contribution in [1.29, 1.82) is 0 Å². The molecule has 1 heterocycles. The van der Waals surface area contributed by atoms with E-state index in [1.165, 1.54) is 116 Å². The van der Waals surface area contributed by atoms with E-state index in [1.54, 1.807) is 0 Å². The zero-order valence-electron chi connectivity index (χ0n) is 23.9. The molecule has 3 N–H and O–H groups in total. The fraction of sp³-hybridized carbons (Fsp3) is 0.933. The molecule has 1 aliphatic rings. The Hall–Kier alpha value is -0.810. The van der Waals surface area contributed by atoms with Crippen LogP contribution in [-0.4, -0.2) is 38.0 Å². The molecule has 0 bridgehead atoms. The molecule has 2 atom stereocenters. The van der Waals surface area contributed by atoms with Gasteiger partial charge in [-0.2, -0.15) is 0 Å². The summed E-state index contributed by atoms with van der Waals surface area (Å²) in [6.07, 6.45) is 25.9. The second-order valence-electron chi connectivity index (χ2n) is 10.8. The molecule has 0 radical (unpaired) electrons. The molecule has 0 aliphatic carbocycles. The highest BCUT2D eigenvalue weighted by Crippen LogP contribution is 2.18. The van der Waals surface area contributed by atoms with Gasteiger partial charge in [-0.15, -0.1) is 12.4 Å². The van der Waals surface area contributed by atoms with Crippen molar-refractivity contribution in [3.63, 3.8) is 0 Å². The van der Waals surface area contributed by atoms with Crippen LogP contribution in [0, 0.1) is 11.8 Å². The van der Waals surface area contributed by atoms with Crippen LogP contribution in [0.5, 0.6) is 0 Å². The number of unbranched alkanes of at least 4 members (excludes halogenated alkanes) is 18. The summed E-state index contributed by atoms with van der Waals surface area (Å²) in [7, 11) is 0. The lowest BCUT2D eigenvalue weighted by molar-refractivity contribution is -0.132. The Morgan fingerprint density at radius 2 is 0.806 bits per heavy atom. The number of hydrogen-bond donors (Lipinski definition) is 3. The predicted octanol–water partition coefficient (Wildman–Crippen LogP) is 7.32. The van der Waals surface area contributed by atoms with E-state index >= 15 is 0 Å². The highest BCUT2D eigenvalue weighted by Gasteiger charge is 2.37. The van der Waals surface area contributed by atoms with Gasteiger partial charge in [-0.25, -0.2) is 0 Å². The molecule has 214 valence electrons. The van der Waals surface area contributed by atoms with E-state index in [4.69, 9.17) is 0 Å². The Morgan fingerprint density at radius 1 is 0.528 bits per heavy atom. The van der Waals surface area contributed by atoms with Crippen LogP contribution < -0.4 is 16.0 Å². The Balaban J connectivity index is 0.0000122. The van der Waals surface area contributed by atoms with Crippen LogP contribution in [0.15, 0.2) is 0 Å². The van der Waals surface area contributed by atoms with E-state index in [0.29, 0.717) is 13.1 Å². The van der Waals surface area contributed by atoms with E-state index in [2.05, 4.69) is 29.8 Å². The second kappa shape index (κ2) is 25.8. The van der Waals surface area contributed by atoms with Crippen molar-refractivity contribution in [3.8, 4) is 0 Å². The number of amides is 2. The maximum absolute atomic E-state index is 12.6. The van der Waals surface area contributed by atoms with Crippen LogP contribution in [0.3, 0.4) is 0 Å². The van der Waals surface area contributed by atoms with Crippen molar-refractivity contribution in [2.24, 2.45) is 11.8 Å². The maximum Gasteiger partial charge on any atom is 0.225 e. The van der Waals surface area contributed by atoms with Crippen LogP contribution in [0.4, 0.5) is 0 Å². The molecule has 1 aliphatic heterocycles. The average molecular weight is 530 g/mol. The molecular formula is C30H60ClN3O2.